The normalized spacial score (nSPS) is 29.4. The number of nitrogens with zero attached hydrogens (tertiary/aromatic N) is 1. The molecule has 0 spiro atoms. The summed E-state index contributed by atoms with van der Waals surface area (Å²) in [5.74, 6) is 0.333. The van der Waals surface area contributed by atoms with Crippen LogP contribution in [0, 0.1) is 5.92 Å². The molecule has 17 heavy (non-hydrogen) atoms. The number of hydrogen-bond donors (Lipinski definition) is 2. The van der Waals surface area contributed by atoms with Gasteiger partial charge in [-0.2, -0.15) is 0 Å². The zero-order valence-corrected chi connectivity index (χ0v) is 11.3. The van der Waals surface area contributed by atoms with Crippen LogP contribution in [0.15, 0.2) is 11.3 Å². The SMILES string of the molecule is CC(=O)C1=C(C)N(CCC(C)C)C(C)(O)C1O. The van der Waals surface area contributed by atoms with E-state index in [0.717, 1.165) is 6.42 Å². The molecule has 0 aliphatic carbocycles. The zero-order chi connectivity index (χ0) is 13.4. The molecule has 2 N–H and O–H groups in total. The van der Waals surface area contributed by atoms with Crippen molar-refractivity contribution >= 4 is 5.78 Å². The molecule has 98 valence electrons. The lowest BCUT2D eigenvalue weighted by Crippen LogP contribution is -2.49. The van der Waals surface area contributed by atoms with Crippen LogP contribution in [-0.2, 0) is 4.79 Å². The molecule has 1 aliphatic rings. The van der Waals surface area contributed by atoms with Gasteiger partial charge in [0.25, 0.3) is 0 Å². The number of carbonyl (C=O) groups is 1. The van der Waals surface area contributed by atoms with E-state index in [4.69, 9.17) is 0 Å². The van der Waals surface area contributed by atoms with Gasteiger partial charge in [0.15, 0.2) is 11.5 Å². The topological polar surface area (TPSA) is 60.8 Å². The third-order valence-electron chi connectivity index (χ3n) is 3.44. The first-order chi connectivity index (χ1) is 7.69. The number of ketones is 1. The number of Topliss-reactive ketones (excluding diaryl/α,β-unsaturated/α-hetero) is 1. The van der Waals surface area contributed by atoms with Crippen molar-refractivity contribution in [1.82, 2.24) is 4.90 Å². The number of aliphatic hydroxyl groups excluding tert-OH is 1. The smallest absolute Gasteiger partial charge is 0.165 e. The second kappa shape index (κ2) is 4.78. The van der Waals surface area contributed by atoms with Gasteiger partial charge in [0.1, 0.15) is 6.10 Å². The summed E-state index contributed by atoms with van der Waals surface area (Å²) in [7, 11) is 0. The Kier molecular flexibility index (Phi) is 3.99. The quantitative estimate of drug-likeness (QED) is 0.778. The van der Waals surface area contributed by atoms with Gasteiger partial charge in [-0.25, -0.2) is 0 Å². The Balaban J connectivity index is 2.98. The molecular weight excluding hydrogens is 218 g/mol. The second-order valence-electron chi connectivity index (χ2n) is 5.39. The highest BCUT2D eigenvalue weighted by molar-refractivity contribution is 5.95. The summed E-state index contributed by atoms with van der Waals surface area (Å²) in [5.41, 5.74) is -0.352. The summed E-state index contributed by atoms with van der Waals surface area (Å²) in [6, 6.07) is 0. The fourth-order valence-corrected chi connectivity index (χ4v) is 2.33. The van der Waals surface area contributed by atoms with E-state index in [-0.39, 0.29) is 5.78 Å². The van der Waals surface area contributed by atoms with Crippen molar-refractivity contribution in [1.29, 1.82) is 0 Å². The molecule has 2 unspecified atom stereocenters. The largest absolute Gasteiger partial charge is 0.383 e. The minimum atomic E-state index is -1.38. The van der Waals surface area contributed by atoms with E-state index in [9.17, 15) is 15.0 Å². The van der Waals surface area contributed by atoms with Crippen molar-refractivity contribution in [3.63, 3.8) is 0 Å². The number of allylic oxidation sites excluding steroid dienone is 1. The highest BCUT2D eigenvalue weighted by Gasteiger charge is 2.47. The van der Waals surface area contributed by atoms with Crippen molar-refractivity contribution in [3.8, 4) is 0 Å². The molecule has 0 bridgehead atoms. The van der Waals surface area contributed by atoms with E-state index in [1.54, 1.807) is 18.7 Å². The Morgan fingerprint density at radius 3 is 2.41 bits per heavy atom. The summed E-state index contributed by atoms with van der Waals surface area (Å²) in [4.78, 5) is 13.2. The molecule has 0 fully saturated rings. The average molecular weight is 241 g/mol. The van der Waals surface area contributed by atoms with Gasteiger partial charge < -0.3 is 15.1 Å². The molecule has 0 saturated heterocycles. The van der Waals surface area contributed by atoms with Gasteiger partial charge in [0, 0.05) is 17.8 Å². The Bertz CT molecular complexity index is 345. The van der Waals surface area contributed by atoms with Gasteiger partial charge in [-0.15, -0.1) is 0 Å². The molecule has 0 radical (unpaired) electrons. The summed E-state index contributed by atoms with van der Waals surface area (Å²) in [6.45, 7) is 9.60. The van der Waals surface area contributed by atoms with Crippen molar-refractivity contribution in [3.05, 3.63) is 11.3 Å². The van der Waals surface area contributed by atoms with Gasteiger partial charge in [0.2, 0.25) is 0 Å². The van der Waals surface area contributed by atoms with Crippen LogP contribution in [0.1, 0.15) is 41.0 Å². The van der Waals surface area contributed by atoms with Crippen LogP contribution in [0.25, 0.3) is 0 Å². The van der Waals surface area contributed by atoms with E-state index in [1.165, 1.54) is 6.92 Å². The van der Waals surface area contributed by atoms with Crippen LogP contribution in [0.5, 0.6) is 0 Å². The molecule has 1 aliphatic heterocycles. The molecule has 1 heterocycles. The molecular formula is C13H23NO3. The van der Waals surface area contributed by atoms with Crippen LogP contribution in [0.3, 0.4) is 0 Å². The lowest BCUT2D eigenvalue weighted by atomic mass is 10.0. The highest BCUT2D eigenvalue weighted by atomic mass is 16.4. The van der Waals surface area contributed by atoms with E-state index < -0.39 is 11.8 Å². The minimum Gasteiger partial charge on any atom is -0.383 e. The third-order valence-corrected chi connectivity index (χ3v) is 3.44. The third kappa shape index (κ3) is 2.53. The van der Waals surface area contributed by atoms with Crippen molar-refractivity contribution < 1.29 is 15.0 Å². The lowest BCUT2D eigenvalue weighted by Gasteiger charge is -2.36. The lowest BCUT2D eigenvalue weighted by molar-refractivity contribution is -0.130. The Morgan fingerprint density at radius 2 is 2.06 bits per heavy atom. The van der Waals surface area contributed by atoms with Crippen LogP contribution < -0.4 is 0 Å². The van der Waals surface area contributed by atoms with Gasteiger partial charge in [0.05, 0.1) is 0 Å². The van der Waals surface area contributed by atoms with Gasteiger partial charge >= 0.3 is 0 Å². The van der Waals surface area contributed by atoms with E-state index in [0.29, 0.717) is 23.7 Å². The number of aliphatic hydroxyl groups is 2. The monoisotopic (exact) mass is 241 g/mol. The predicted octanol–water partition coefficient (Wildman–Crippen LogP) is 1.28. The van der Waals surface area contributed by atoms with Crippen molar-refractivity contribution in [2.24, 2.45) is 5.92 Å². The van der Waals surface area contributed by atoms with E-state index in [1.807, 2.05) is 0 Å². The van der Waals surface area contributed by atoms with Crippen LogP contribution in [0.4, 0.5) is 0 Å². The predicted molar refractivity (Wildman–Crippen MR) is 66.2 cm³/mol. The molecule has 2 atom stereocenters. The maximum atomic E-state index is 11.5. The average Bonchev–Trinajstić information content (AvgIpc) is 2.31. The van der Waals surface area contributed by atoms with Crippen LogP contribution >= 0.6 is 0 Å². The van der Waals surface area contributed by atoms with Gasteiger partial charge in [-0.3, -0.25) is 4.79 Å². The Labute approximate surface area is 103 Å². The van der Waals surface area contributed by atoms with Crippen molar-refractivity contribution in [2.45, 2.75) is 52.9 Å². The summed E-state index contributed by atoms with van der Waals surface area (Å²) in [5, 5.41) is 20.3. The molecule has 0 aromatic carbocycles. The van der Waals surface area contributed by atoms with Gasteiger partial charge in [-0.05, 0) is 33.1 Å². The first-order valence-corrected chi connectivity index (χ1v) is 6.09. The zero-order valence-electron chi connectivity index (χ0n) is 11.3. The molecule has 1 rings (SSSR count). The molecule has 0 aromatic heterocycles. The molecule has 4 heteroatoms. The fourth-order valence-electron chi connectivity index (χ4n) is 2.33. The van der Waals surface area contributed by atoms with Crippen LogP contribution in [-0.4, -0.2) is 39.3 Å². The molecule has 0 saturated carbocycles. The first kappa shape index (κ1) is 14.2. The fraction of sp³-hybridized carbons (Fsp3) is 0.769. The Hall–Kier alpha value is -0.870. The minimum absolute atomic E-state index is 0.178. The van der Waals surface area contributed by atoms with Crippen molar-refractivity contribution in [2.75, 3.05) is 6.54 Å². The second-order valence-corrected chi connectivity index (χ2v) is 5.39. The van der Waals surface area contributed by atoms with E-state index in [2.05, 4.69) is 13.8 Å². The number of carbonyl (C=O) groups excluding carboxylic acids is 1. The summed E-state index contributed by atoms with van der Waals surface area (Å²) in [6.07, 6.45) is -0.210. The van der Waals surface area contributed by atoms with Crippen LogP contribution in [0.2, 0.25) is 0 Å². The standard InChI is InChI=1S/C13H23NO3/c1-8(2)6-7-14-9(3)11(10(4)15)12(16)13(14,5)17/h8,12,16-17H,6-7H2,1-5H3. The number of rotatable bonds is 4. The van der Waals surface area contributed by atoms with Gasteiger partial charge in [-0.1, -0.05) is 13.8 Å². The Morgan fingerprint density at radius 1 is 1.53 bits per heavy atom. The molecule has 0 aromatic rings. The summed E-state index contributed by atoms with van der Waals surface area (Å²) < 4.78 is 0. The maximum Gasteiger partial charge on any atom is 0.165 e. The highest BCUT2D eigenvalue weighted by Crippen LogP contribution is 2.36. The van der Waals surface area contributed by atoms with E-state index >= 15 is 0 Å². The number of hydrogen-bond acceptors (Lipinski definition) is 4. The first-order valence-electron chi connectivity index (χ1n) is 6.09. The maximum absolute atomic E-state index is 11.5. The molecule has 4 nitrogen and oxygen atoms in total. The molecule has 0 amide bonds. The summed E-state index contributed by atoms with van der Waals surface area (Å²) >= 11 is 0.